The Hall–Kier alpha value is -1.53. The van der Waals surface area contributed by atoms with E-state index in [2.05, 4.69) is 30.1 Å². The molecule has 1 saturated heterocycles. The number of piperidine rings is 1. The molecule has 1 aromatic carbocycles. The van der Waals surface area contributed by atoms with Crippen LogP contribution >= 0.6 is 0 Å². The third-order valence-corrected chi connectivity index (χ3v) is 4.17. The molecule has 0 saturated carbocycles. The van der Waals surface area contributed by atoms with E-state index in [-0.39, 0.29) is 0 Å². The third kappa shape index (κ3) is 3.98. The number of nitrogens with zero attached hydrogens (tertiary/aromatic N) is 2. The molecule has 0 aromatic heterocycles. The molecule has 20 heavy (non-hydrogen) atoms. The van der Waals surface area contributed by atoms with Crippen LogP contribution in [0.15, 0.2) is 24.3 Å². The molecule has 3 heteroatoms. The molecule has 1 aliphatic heterocycles. The zero-order valence-corrected chi connectivity index (χ0v) is 12.6. The first-order valence-electron chi connectivity index (χ1n) is 7.72. The Labute approximate surface area is 122 Å². The van der Waals surface area contributed by atoms with Crippen molar-refractivity contribution in [1.82, 2.24) is 4.90 Å². The second kappa shape index (κ2) is 7.31. The molecule has 0 aliphatic carbocycles. The van der Waals surface area contributed by atoms with Crippen molar-refractivity contribution in [3.05, 3.63) is 29.8 Å². The Morgan fingerprint density at radius 1 is 1.50 bits per heavy atom. The number of likely N-dealkylation sites (tertiary alicyclic amines) is 1. The molecular formula is C17H25N3. The van der Waals surface area contributed by atoms with Crippen LogP contribution in [-0.4, -0.2) is 30.6 Å². The fraction of sp³-hybridized carbons (Fsp3) is 0.588. The highest BCUT2D eigenvalue weighted by molar-refractivity contribution is 5.49. The van der Waals surface area contributed by atoms with E-state index >= 15 is 0 Å². The minimum Gasteiger partial charge on any atom is -0.382 e. The van der Waals surface area contributed by atoms with E-state index < -0.39 is 0 Å². The molecule has 0 radical (unpaired) electrons. The lowest BCUT2D eigenvalue weighted by molar-refractivity contribution is 0.165. The van der Waals surface area contributed by atoms with Crippen LogP contribution < -0.4 is 5.32 Å². The van der Waals surface area contributed by atoms with Gasteiger partial charge in [0.25, 0.3) is 0 Å². The second-order valence-corrected chi connectivity index (χ2v) is 5.83. The van der Waals surface area contributed by atoms with Gasteiger partial charge < -0.3 is 10.2 Å². The maximum Gasteiger partial charge on any atom is 0.0992 e. The van der Waals surface area contributed by atoms with Gasteiger partial charge in [0.15, 0.2) is 0 Å². The first kappa shape index (κ1) is 14.9. The van der Waals surface area contributed by atoms with Crippen molar-refractivity contribution >= 4 is 5.69 Å². The molecule has 2 atom stereocenters. The highest BCUT2D eigenvalue weighted by Gasteiger charge is 2.24. The van der Waals surface area contributed by atoms with Crippen LogP contribution in [0.1, 0.15) is 38.7 Å². The van der Waals surface area contributed by atoms with E-state index in [9.17, 15) is 0 Å². The predicted octanol–water partition coefficient (Wildman–Crippen LogP) is 3.48. The Balaban J connectivity index is 1.93. The summed E-state index contributed by atoms with van der Waals surface area (Å²) in [6, 6.07) is 10.4. The topological polar surface area (TPSA) is 39.1 Å². The van der Waals surface area contributed by atoms with Crippen LogP contribution in [0.25, 0.3) is 0 Å². The van der Waals surface area contributed by atoms with Crippen molar-refractivity contribution in [2.24, 2.45) is 5.92 Å². The maximum atomic E-state index is 8.95. The molecule has 108 valence electrons. The van der Waals surface area contributed by atoms with E-state index in [1.807, 2.05) is 24.3 Å². The summed E-state index contributed by atoms with van der Waals surface area (Å²) < 4.78 is 0. The van der Waals surface area contributed by atoms with Crippen LogP contribution in [-0.2, 0) is 0 Å². The first-order valence-corrected chi connectivity index (χ1v) is 7.72. The Bertz CT molecular complexity index is 462. The van der Waals surface area contributed by atoms with Gasteiger partial charge in [-0.2, -0.15) is 5.26 Å². The standard InChI is InChI=1S/C17H25N3/c1-3-9-20-10-5-7-16(13-20)14(2)19-17-8-4-6-15(11-17)12-18/h4,6,8,11,14,16,19H,3,5,7,9-10,13H2,1-2H3. The van der Waals surface area contributed by atoms with Gasteiger partial charge in [-0.25, -0.2) is 0 Å². The van der Waals surface area contributed by atoms with Crippen molar-refractivity contribution in [3.63, 3.8) is 0 Å². The Morgan fingerprint density at radius 3 is 3.10 bits per heavy atom. The molecule has 0 spiro atoms. The smallest absolute Gasteiger partial charge is 0.0992 e. The lowest BCUT2D eigenvalue weighted by Crippen LogP contribution is -2.42. The summed E-state index contributed by atoms with van der Waals surface area (Å²) in [4.78, 5) is 2.58. The number of nitrogens with one attached hydrogen (secondary N) is 1. The molecule has 2 unspecified atom stereocenters. The van der Waals surface area contributed by atoms with E-state index in [1.165, 1.54) is 38.9 Å². The first-order chi connectivity index (χ1) is 9.72. The summed E-state index contributed by atoms with van der Waals surface area (Å²) in [7, 11) is 0. The summed E-state index contributed by atoms with van der Waals surface area (Å²) in [5, 5.41) is 12.5. The van der Waals surface area contributed by atoms with Crippen molar-refractivity contribution in [1.29, 1.82) is 5.26 Å². The van der Waals surface area contributed by atoms with Gasteiger partial charge in [-0.3, -0.25) is 0 Å². The number of nitriles is 1. The number of benzene rings is 1. The number of anilines is 1. The monoisotopic (exact) mass is 271 g/mol. The van der Waals surface area contributed by atoms with Gasteiger partial charge in [0.05, 0.1) is 11.6 Å². The summed E-state index contributed by atoms with van der Waals surface area (Å²) >= 11 is 0. The highest BCUT2D eigenvalue weighted by atomic mass is 15.1. The number of hydrogen-bond donors (Lipinski definition) is 1. The maximum absolute atomic E-state index is 8.95. The van der Waals surface area contributed by atoms with E-state index in [1.54, 1.807) is 0 Å². The Morgan fingerprint density at radius 2 is 2.35 bits per heavy atom. The average molecular weight is 271 g/mol. The number of rotatable bonds is 5. The van der Waals surface area contributed by atoms with Crippen LogP contribution in [0.4, 0.5) is 5.69 Å². The highest BCUT2D eigenvalue weighted by Crippen LogP contribution is 2.23. The van der Waals surface area contributed by atoms with Gasteiger partial charge in [-0.1, -0.05) is 13.0 Å². The lowest BCUT2D eigenvalue weighted by Gasteiger charge is -2.36. The van der Waals surface area contributed by atoms with Gasteiger partial charge in [0, 0.05) is 18.3 Å². The summed E-state index contributed by atoms with van der Waals surface area (Å²) in [6.07, 6.45) is 3.83. The van der Waals surface area contributed by atoms with Crippen LogP contribution in [0, 0.1) is 17.2 Å². The zero-order valence-electron chi connectivity index (χ0n) is 12.6. The van der Waals surface area contributed by atoms with Gasteiger partial charge >= 0.3 is 0 Å². The van der Waals surface area contributed by atoms with Crippen LogP contribution in [0.5, 0.6) is 0 Å². The fourth-order valence-corrected chi connectivity index (χ4v) is 3.08. The minimum atomic E-state index is 0.448. The summed E-state index contributed by atoms with van der Waals surface area (Å²) in [5.74, 6) is 0.695. The molecule has 1 aromatic rings. The average Bonchev–Trinajstić information content (AvgIpc) is 2.48. The van der Waals surface area contributed by atoms with Crippen molar-refractivity contribution in [2.75, 3.05) is 25.0 Å². The zero-order chi connectivity index (χ0) is 14.4. The van der Waals surface area contributed by atoms with Gasteiger partial charge in [0.2, 0.25) is 0 Å². The number of hydrogen-bond acceptors (Lipinski definition) is 3. The van der Waals surface area contributed by atoms with E-state index in [4.69, 9.17) is 5.26 Å². The minimum absolute atomic E-state index is 0.448. The molecule has 1 aliphatic rings. The van der Waals surface area contributed by atoms with Crippen molar-refractivity contribution in [2.45, 2.75) is 39.2 Å². The van der Waals surface area contributed by atoms with Crippen molar-refractivity contribution < 1.29 is 0 Å². The Kier molecular flexibility index (Phi) is 5.43. The van der Waals surface area contributed by atoms with E-state index in [0.717, 1.165) is 11.3 Å². The molecule has 1 fully saturated rings. The van der Waals surface area contributed by atoms with Crippen molar-refractivity contribution in [3.8, 4) is 6.07 Å². The van der Waals surface area contributed by atoms with Gasteiger partial charge in [-0.15, -0.1) is 0 Å². The largest absolute Gasteiger partial charge is 0.382 e. The van der Waals surface area contributed by atoms with Gasteiger partial charge in [0.1, 0.15) is 0 Å². The third-order valence-electron chi connectivity index (χ3n) is 4.17. The quantitative estimate of drug-likeness (QED) is 0.891. The van der Waals surface area contributed by atoms with Crippen LogP contribution in [0.3, 0.4) is 0 Å². The van der Waals surface area contributed by atoms with Gasteiger partial charge in [-0.05, 0) is 63.4 Å². The lowest BCUT2D eigenvalue weighted by atomic mass is 9.91. The predicted molar refractivity (Wildman–Crippen MR) is 83.7 cm³/mol. The molecule has 0 amide bonds. The molecule has 2 rings (SSSR count). The second-order valence-electron chi connectivity index (χ2n) is 5.83. The molecule has 1 N–H and O–H groups in total. The SMILES string of the molecule is CCCN1CCCC(C(C)Nc2cccc(C#N)c2)C1. The summed E-state index contributed by atoms with van der Waals surface area (Å²) in [5.41, 5.74) is 1.78. The van der Waals surface area contributed by atoms with Crippen LogP contribution in [0.2, 0.25) is 0 Å². The van der Waals surface area contributed by atoms with E-state index in [0.29, 0.717) is 12.0 Å². The summed E-state index contributed by atoms with van der Waals surface area (Å²) in [6.45, 7) is 8.17. The molecule has 0 bridgehead atoms. The molecular weight excluding hydrogens is 246 g/mol. The molecule has 1 heterocycles. The normalized spacial score (nSPS) is 21.1. The fourth-order valence-electron chi connectivity index (χ4n) is 3.08. The molecule has 3 nitrogen and oxygen atoms in total.